The minimum Gasteiger partial charge on any atom is -0.465 e. The Morgan fingerprint density at radius 2 is 1.54 bits per heavy atom. The number of aromatic nitrogens is 2. The van der Waals surface area contributed by atoms with Gasteiger partial charge in [0.2, 0.25) is 16.0 Å². The molecule has 0 aliphatic carbocycles. The van der Waals surface area contributed by atoms with Crippen LogP contribution in [0.1, 0.15) is 28.2 Å². The molecule has 3 aliphatic rings. The van der Waals surface area contributed by atoms with Crippen LogP contribution in [-0.4, -0.2) is 83.8 Å². The number of nitrogens with zero attached hydrogens (tertiary/aromatic N) is 5. The van der Waals surface area contributed by atoms with Crippen molar-refractivity contribution in [2.45, 2.75) is 20.3 Å². The molecule has 11 heteroatoms. The molecule has 3 fully saturated rings. The van der Waals surface area contributed by atoms with Gasteiger partial charge < -0.3 is 14.9 Å². The first-order valence-corrected chi connectivity index (χ1v) is 10.9. The number of hydrogen-bond donors (Lipinski definition) is 1. The van der Waals surface area contributed by atoms with Crippen molar-refractivity contribution in [2.75, 3.05) is 42.8 Å². The summed E-state index contributed by atoms with van der Waals surface area (Å²) in [6.07, 6.45) is -0.381. The number of amides is 2. The number of carbonyl (C=O) groups excluding carboxylic acids is 1. The average Bonchev–Trinajstić information content (AvgIpc) is 3.25. The molecule has 4 heterocycles. The average molecular weight is 409 g/mol. The van der Waals surface area contributed by atoms with Crippen LogP contribution >= 0.6 is 0 Å². The van der Waals surface area contributed by atoms with Crippen molar-refractivity contribution in [1.82, 2.24) is 19.8 Å². The summed E-state index contributed by atoms with van der Waals surface area (Å²) >= 11 is 0. The predicted molar refractivity (Wildman–Crippen MR) is 99.7 cm³/mol. The molecular formula is C17H23N5O5S. The molecular weight excluding hydrogens is 386 g/mol. The van der Waals surface area contributed by atoms with E-state index in [1.54, 1.807) is 18.7 Å². The van der Waals surface area contributed by atoms with Crippen LogP contribution in [0, 0.1) is 25.7 Å². The molecule has 3 aliphatic heterocycles. The quantitative estimate of drug-likeness (QED) is 0.746. The van der Waals surface area contributed by atoms with Gasteiger partial charge in [0, 0.05) is 44.6 Å². The standard InChI is InChI=1S/C17H23N5O5S/c1-10-14(11(2)19-16(18-10)22-4-3-5-28(22,26)27)15(23)20-6-12-8-21(17(24)25)9-13(12)7-20/h12-13H,3-9H2,1-2H3,(H,24,25). The van der Waals surface area contributed by atoms with E-state index in [0.29, 0.717) is 56.1 Å². The molecule has 2 unspecified atom stereocenters. The lowest BCUT2D eigenvalue weighted by Gasteiger charge is -2.22. The number of carboxylic acid groups (broad SMARTS) is 1. The lowest BCUT2D eigenvalue weighted by atomic mass is 10.0. The smallest absolute Gasteiger partial charge is 0.407 e. The Balaban J connectivity index is 1.54. The second-order valence-electron chi connectivity index (χ2n) is 7.73. The predicted octanol–water partition coefficient (Wildman–Crippen LogP) is 0.315. The lowest BCUT2D eigenvalue weighted by Crippen LogP contribution is -2.36. The summed E-state index contributed by atoms with van der Waals surface area (Å²) in [4.78, 5) is 36.0. The third kappa shape index (κ3) is 3.07. The molecule has 1 N–H and O–H groups in total. The van der Waals surface area contributed by atoms with Crippen molar-refractivity contribution in [3.8, 4) is 0 Å². The first kappa shape index (κ1) is 18.9. The molecule has 2 amide bonds. The minimum absolute atomic E-state index is 0.0824. The number of aryl methyl sites for hydroxylation is 2. The monoisotopic (exact) mass is 409 g/mol. The summed E-state index contributed by atoms with van der Waals surface area (Å²) in [5.41, 5.74) is 1.31. The molecule has 0 bridgehead atoms. The Labute approximate surface area is 163 Å². The second-order valence-corrected chi connectivity index (χ2v) is 9.74. The van der Waals surface area contributed by atoms with Crippen LogP contribution in [0.2, 0.25) is 0 Å². The summed E-state index contributed by atoms with van der Waals surface area (Å²) in [6.45, 7) is 5.65. The fraction of sp³-hybridized carbons (Fsp3) is 0.647. The van der Waals surface area contributed by atoms with Gasteiger partial charge in [0.05, 0.1) is 22.7 Å². The van der Waals surface area contributed by atoms with Crippen LogP contribution in [0.4, 0.5) is 10.7 Å². The molecule has 2 atom stereocenters. The number of fused-ring (bicyclic) bond motifs is 1. The van der Waals surface area contributed by atoms with Crippen LogP contribution < -0.4 is 4.31 Å². The number of sulfonamides is 1. The van der Waals surface area contributed by atoms with Gasteiger partial charge in [0.25, 0.3) is 5.91 Å². The van der Waals surface area contributed by atoms with Gasteiger partial charge >= 0.3 is 6.09 Å². The first-order valence-electron chi connectivity index (χ1n) is 9.30. The van der Waals surface area contributed by atoms with Crippen molar-refractivity contribution in [2.24, 2.45) is 11.8 Å². The van der Waals surface area contributed by atoms with Crippen molar-refractivity contribution in [1.29, 1.82) is 0 Å². The van der Waals surface area contributed by atoms with E-state index in [-0.39, 0.29) is 29.4 Å². The number of hydrogen-bond acceptors (Lipinski definition) is 6. The molecule has 0 aromatic carbocycles. The fourth-order valence-corrected chi connectivity index (χ4v) is 5.91. The lowest BCUT2D eigenvalue weighted by molar-refractivity contribution is 0.0772. The van der Waals surface area contributed by atoms with Crippen molar-refractivity contribution >= 4 is 28.0 Å². The number of likely N-dealkylation sites (tertiary alicyclic amines) is 2. The summed E-state index contributed by atoms with van der Waals surface area (Å²) in [5, 5.41) is 9.13. The molecule has 4 rings (SSSR count). The van der Waals surface area contributed by atoms with E-state index in [0.717, 1.165) is 0 Å². The molecule has 0 radical (unpaired) electrons. The van der Waals surface area contributed by atoms with Crippen LogP contribution in [0.25, 0.3) is 0 Å². The maximum Gasteiger partial charge on any atom is 0.407 e. The first-order chi connectivity index (χ1) is 13.2. The minimum atomic E-state index is -3.38. The fourth-order valence-electron chi connectivity index (χ4n) is 4.46. The molecule has 0 spiro atoms. The van der Waals surface area contributed by atoms with Gasteiger partial charge in [-0.1, -0.05) is 0 Å². The molecule has 3 saturated heterocycles. The third-order valence-electron chi connectivity index (χ3n) is 5.84. The van der Waals surface area contributed by atoms with E-state index in [4.69, 9.17) is 5.11 Å². The highest BCUT2D eigenvalue weighted by atomic mass is 32.2. The van der Waals surface area contributed by atoms with Gasteiger partial charge in [0.15, 0.2) is 0 Å². The highest BCUT2D eigenvalue weighted by Crippen LogP contribution is 2.32. The largest absolute Gasteiger partial charge is 0.465 e. The van der Waals surface area contributed by atoms with Crippen molar-refractivity contribution in [3.63, 3.8) is 0 Å². The van der Waals surface area contributed by atoms with Gasteiger partial charge in [-0.25, -0.2) is 27.5 Å². The van der Waals surface area contributed by atoms with Gasteiger partial charge in [-0.15, -0.1) is 0 Å². The van der Waals surface area contributed by atoms with Gasteiger partial charge in [-0.3, -0.25) is 4.79 Å². The van der Waals surface area contributed by atoms with Gasteiger partial charge in [-0.2, -0.15) is 0 Å². The van der Waals surface area contributed by atoms with Crippen LogP contribution in [0.5, 0.6) is 0 Å². The van der Waals surface area contributed by atoms with E-state index in [1.807, 2.05) is 0 Å². The topological polar surface area (TPSA) is 124 Å². The van der Waals surface area contributed by atoms with E-state index in [2.05, 4.69) is 9.97 Å². The van der Waals surface area contributed by atoms with Crippen molar-refractivity contribution < 1.29 is 23.1 Å². The van der Waals surface area contributed by atoms with Crippen molar-refractivity contribution in [3.05, 3.63) is 17.0 Å². The zero-order valence-corrected chi connectivity index (χ0v) is 16.6. The molecule has 1 aromatic rings. The molecule has 1 aromatic heterocycles. The van der Waals surface area contributed by atoms with Crippen LogP contribution in [0.15, 0.2) is 0 Å². The maximum absolute atomic E-state index is 13.1. The molecule has 152 valence electrons. The summed E-state index contributed by atoms with van der Waals surface area (Å²) in [5.74, 6) is 0.326. The summed E-state index contributed by atoms with van der Waals surface area (Å²) in [7, 11) is -3.38. The molecule has 0 saturated carbocycles. The SMILES string of the molecule is Cc1nc(N2CCCS2(=O)=O)nc(C)c1C(=O)N1CC2CN(C(=O)O)CC2C1. The Hall–Kier alpha value is -2.43. The van der Waals surface area contributed by atoms with E-state index in [1.165, 1.54) is 9.21 Å². The molecule has 10 nitrogen and oxygen atoms in total. The molecule has 28 heavy (non-hydrogen) atoms. The van der Waals surface area contributed by atoms with E-state index < -0.39 is 16.1 Å². The summed E-state index contributed by atoms with van der Waals surface area (Å²) in [6, 6.07) is 0. The highest BCUT2D eigenvalue weighted by molar-refractivity contribution is 7.93. The van der Waals surface area contributed by atoms with Crippen LogP contribution in [0.3, 0.4) is 0 Å². The normalized spacial score (nSPS) is 26.0. The Morgan fingerprint density at radius 3 is 2.00 bits per heavy atom. The summed E-state index contributed by atoms with van der Waals surface area (Å²) < 4.78 is 25.5. The number of rotatable bonds is 2. The van der Waals surface area contributed by atoms with E-state index in [9.17, 15) is 18.0 Å². The Bertz CT molecular complexity index is 912. The Kier molecular flexibility index (Phi) is 4.44. The Morgan fingerprint density at radius 1 is 1.00 bits per heavy atom. The zero-order chi connectivity index (χ0) is 20.2. The number of anilines is 1. The van der Waals surface area contributed by atoms with Gasteiger partial charge in [-0.05, 0) is 20.3 Å². The van der Waals surface area contributed by atoms with Crippen LogP contribution in [-0.2, 0) is 10.0 Å². The van der Waals surface area contributed by atoms with Gasteiger partial charge in [0.1, 0.15) is 0 Å². The second kappa shape index (κ2) is 6.57. The highest BCUT2D eigenvalue weighted by Gasteiger charge is 2.43. The maximum atomic E-state index is 13.1. The van der Waals surface area contributed by atoms with E-state index >= 15 is 0 Å². The number of carbonyl (C=O) groups is 2. The third-order valence-corrected chi connectivity index (χ3v) is 7.66. The zero-order valence-electron chi connectivity index (χ0n) is 15.8.